The predicted molar refractivity (Wildman–Crippen MR) is 92.5 cm³/mol. The molecule has 0 saturated carbocycles. The zero-order valence-corrected chi connectivity index (χ0v) is 14.5. The Kier molecular flexibility index (Phi) is 8.83. The van der Waals surface area contributed by atoms with E-state index in [-0.39, 0.29) is 0 Å². The van der Waals surface area contributed by atoms with Crippen molar-refractivity contribution in [2.45, 2.75) is 58.5 Å². The number of aromatic nitrogens is 3. The van der Waals surface area contributed by atoms with E-state index in [1.807, 2.05) is 0 Å². The summed E-state index contributed by atoms with van der Waals surface area (Å²) in [6.45, 7) is 8.75. The molecule has 1 aromatic rings. The Morgan fingerprint density at radius 1 is 1.05 bits per heavy atom. The van der Waals surface area contributed by atoms with E-state index in [4.69, 9.17) is 0 Å². The first kappa shape index (κ1) is 17.8. The van der Waals surface area contributed by atoms with E-state index >= 15 is 0 Å². The van der Waals surface area contributed by atoms with Crippen LogP contribution in [0.3, 0.4) is 0 Å². The Morgan fingerprint density at radius 3 is 2.33 bits per heavy atom. The highest BCUT2D eigenvalue weighted by Gasteiger charge is 1.95. The van der Waals surface area contributed by atoms with Crippen molar-refractivity contribution in [1.82, 2.24) is 15.2 Å². The second-order valence-corrected chi connectivity index (χ2v) is 6.57. The number of allylic oxidation sites excluding steroid dienone is 5. The summed E-state index contributed by atoms with van der Waals surface area (Å²) < 4.78 is 0. The topological polar surface area (TPSA) is 41.6 Å². The van der Waals surface area contributed by atoms with Crippen LogP contribution in [0.4, 0.5) is 0 Å². The number of nitrogens with one attached hydrogen (secondary N) is 1. The van der Waals surface area contributed by atoms with Crippen LogP contribution in [-0.4, -0.2) is 20.9 Å². The second-order valence-electron chi connectivity index (χ2n) is 5.56. The van der Waals surface area contributed by atoms with Crippen LogP contribution in [-0.2, 0) is 0 Å². The van der Waals surface area contributed by atoms with E-state index in [2.05, 4.69) is 61.1 Å². The lowest BCUT2D eigenvalue weighted by molar-refractivity contribution is 0.917. The average molecular weight is 305 g/mol. The maximum absolute atomic E-state index is 4.09. The van der Waals surface area contributed by atoms with E-state index < -0.39 is 0 Å². The Balaban J connectivity index is 2.19. The van der Waals surface area contributed by atoms with Gasteiger partial charge in [0, 0.05) is 5.75 Å². The molecule has 0 radical (unpaired) electrons. The first-order valence-corrected chi connectivity index (χ1v) is 8.49. The smallest absolute Gasteiger partial charge is 0.183 e. The van der Waals surface area contributed by atoms with Gasteiger partial charge in [0.1, 0.15) is 6.33 Å². The Morgan fingerprint density at radius 2 is 1.71 bits per heavy atom. The van der Waals surface area contributed by atoms with Crippen molar-refractivity contribution in [3.8, 4) is 0 Å². The number of nitrogens with zero attached hydrogens (tertiary/aromatic N) is 2. The van der Waals surface area contributed by atoms with Gasteiger partial charge in [0.05, 0.1) is 0 Å². The molecule has 0 unspecified atom stereocenters. The molecule has 1 N–H and O–H groups in total. The van der Waals surface area contributed by atoms with Crippen LogP contribution in [0.15, 0.2) is 46.4 Å². The summed E-state index contributed by atoms with van der Waals surface area (Å²) in [4.78, 5) is 4.09. The molecule has 3 nitrogen and oxygen atoms in total. The van der Waals surface area contributed by atoms with Gasteiger partial charge in [-0.1, -0.05) is 46.7 Å². The number of thioether (sulfide) groups is 1. The first-order valence-electron chi connectivity index (χ1n) is 7.50. The summed E-state index contributed by atoms with van der Waals surface area (Å²) in [5.74, 6) is 0.949. The molecule has 0 bridgehead atoms. The van der Waals surface area contributed by atoms with Gasteiger partial charge in [-0.25, -0.2) is 4.98 Å². The minimum atomic E-state index is 0.883. The second kappa shape index (κ2) is 10.4. The minimum absolute atomic E-state index is 0.883. The minimum Gasteiger partial charge on any atom is -0.254 e. The summed E-state index contributed by atoms with van der Waals surface area (Å²) >= 11 is 1.68. The van der Waals surface area contributed by atoms with Gasteiger partial charge in [-0.3, -0.25) is 5.10 Å². The third-order valence-corrected chi connectivity index (χ3v) is 3.97. The molecule has 0 saturated heterocycles. The van der Waals surface area contributed by atoms with Crippen molar-refractivity contribution < 1.29 is 0 Å². The zero-order valence-electron chi connectivity index (χ0n) is 13.6. The molecular weight excluding hydrogens is 278 g/mol. The van der Waals surface area contributed by atoms with Gasteiger partial charge in [-0.05, 0) is 53.4 Å². The first-order chi connectivity index (χ1) is 10.1. The van der Waals surface area contributed by atoms with Crippen LogP contribution in [0.25, 0.3) is 0 Å². The summed E-state index contributed by atoms with van der Waals surface area (Å²) in [6.07, 6.45) is 13.1. The van der Waals surface area contributed by atoms with E-state index in [1.54, 1.807) is 18.1 Å². The van der Waals surface area contributed by atoms with Gasteiger partial charge in [-0.2, -0.15) is 5.10 Å². The highest BCUT2D eigenvalue weighted by molar-refractivity contribution is 7.99. The molecule has 0 spiro atoms. The number of H-pyrrole nitrogens is 1. The molecule has 21 heavy (non-hydrogen) atoms. The molecule has 0 aliphatic rings. The molecule has 0 aliphatic heterocycles. The zero-order chi connectivity index (χ0) is 15.5. The maximum atomic E-state index is 4.09. The van der Waals surface area contributed by atoms with Crippen molar-refractivity contribution in [2.75, 3.05) is 5.75 Å². The Hall–Kier alpha value is -1.29. The fourth-order valence-corrected chi connectivity index (χ4v) is 2.63. The molecule has 1 heterocycles. The lowest BCUT2D eigenvalue weighted by atomic mass is 10.1. The molecule has 0 fully saturated rings. The molecule has 0 atom stereocenters. The number of aromatic amines is 1. The van der Waals surface area contributed by atoms with Gasteiger partial charge < -0.3 is 0 Å². The Labute approximate surface area is 133 Å². The van der Waals surface area contributed by atoms with E-state index in [9.17, 15) is 0 Å². The highest BCUT2D eigenvalue weighted by atomic mass is 32.2. The predicted octanol–water partition coefficient (Wildman–Crippen LogP) is 5.32. The van der Waals surface area contributed by atoms with Gasteiger partial charge in [0.15, 0.2) is 5.16 Å². The fraction of sp³-hybridized carbons (Fsp3) is 0.529. The quantitative estimate of drug-likeness (QED) is 0.496. The van der Waals surface area contributed by atoms with E-state index in [0.717, 1.165) is 30.2 Å². The van der Waals surface area contributed by atoms with Gasteiger partial charge in [0.25, 0.3) is 0 Å². The normalized spacial score (nSPS) is 12.6. The maximum Gasteiger partial charge on any atom is 0.183 e. The van der Waals surface area contributed by atoms with Gasteiger partial charge in [0.2, 0.25) is 0 Å². The van der Waals surface area contributed by atoms with Gasteiger partial charge >= 0.3 is 0 Å². The number of rotatable bonds is 9. The lowest BCUT2D eigenvalue weighted by Crippen LogP contribution is -1.83. The molecule has 4 heteroatoms. The van der Waals surface area contributed by atoms with Crippen molar-refractivity contribution in [1.29, 1.82) is 0 Å². The lowest BCUT2D eigenvalue weighted by Gasteiger charge is -2.01. The molecule has 0 aliphatic carbocycles. The van der Waals surface area contributed by atoms with Crippen LogP contribution in [0.1, 0.15) is 53.4 Å². The van der Waals surface area contributed by atoms with Crippen LogP contribution in [0.5, 0.6) is 0 Å². The van der Waals surface area contributed by atoms with Crippen molar-refractivity contribution in [3.63, 3.8) is 0 Å². The summed E-state index contributed by atoms with van der Waals surface area (Å²) in [7, 11) is 0. The van der Waals surface area contributed by atoms with E-state index in [0.29, 0.717) is 0 Å². The van der Waals surface area contributed by atoms with Crippen LogP contribution >= 0.6 is 11.8 Å². The summed E-state index contributed by atoms with van der Waals surface area (Å²) in [6, 6.07) is 0. The van der Waals surface area contributed by atoms with Crippen molar-refractivity contribution in [2.24, 2.45) is 0 Å². The molecule has 0 aromatic carbocycles. The van der Waals surface area contributed by atoms with Crippen LogP contribution in [0.2, 0.25) is 0 Å². The van der Waals surface area contributed by atoms with Gasteiger partial charge in [-0.15, -0.1) is 0 Å². The summed E-state index contributed by atoms with van der Waals surface area (Å²) in [5.41, 5.74) is 4.34. The Bertz CT molecular complexity index is 480. The molecular formula is C17H27N3S. The molecule has 1 aromatic heterocycles. The largest absolute Gasteiger partial charge is 0.254 e. The van der Waals surface area contributed by atoms with E-state index in [1.165, 1.54) is 23.1 Å². The summed E-state index contributed by atoms with van der Waals surface area (Å²) in [5, 5.41) is 7.57. The van der Waals surface area contributed by atoms with Crippen LogP contribution < -0.4 is 0 Å². The molecule has 0 amide bonds. The third-order valence-electron chi connectivity index (χ3n) is 3.17. The molecule has 116 valence electrons. The van der Waals surface area contributed by atoms with Crippen molar-refractivity contribution in [3.05, 3.63) is 41.3 Å². The average Bonchev–Trinajstić information content (AvgIpc) is 2.91. The fourth-order valence-electron chi connectivity index (χ4n) is 1.87. The standard InChI is InChI=1S/C17H27N3S/c1-14(2)7-5-8-15(3)9-6-10-16(4)11-12-21-17-18-13-19-20-17/h7,9,11,13H,5-6,8,10,12H2,1-4H3,(H,18,19,20)/b15-9-,16-11-. The third kappa shape index (κ3) is 9.29. The van der Waals surface area contributed by atoms with Crippen LogP contribution in [0, 0.1) is 0 Å². The molecule has 1 rings (SSSR count). The number of hydrogen-bond donors (Lipinski definition) is 1. The van der Waals surface area contributed by atoms with Crippen molar-refractivity contribution >= 4 is 11.8 Å². The number of hydrogen-bond acceptors (Lipinski definition) is 3. The highest BCUT2D eigenvalue weighted by Crippen LogP contribution is 2.14. The SMILES string of the molecule is CC(C)=CCC/C(C)=C\CC/C(C)=C\CSc1ncn[nH]1. The monoisotopic (exact) mass is 305 g/mol.